The Labute approximate surface area is 238 Å². The first-order chi connectivity index (χ1) is 19.5. The van der Waals surface area contributed by atoms with Crippen LogP contribution < -0.4 is 15.6 Å². The maximum Gasteiger partial charge on any atom is 0.261 e. The van der Waals surface area contributed by atoms with E-state index in [-0.39, 0.29) is 11.3 Å². The van der Waals surface area contributed by atoms with Crippen LogP contribution >= 0.6 is 11.8 Å². The maximum atomic E-state index is 14.9. The number of aromatic nitrogens is 2. The molecule has 0 saturated carbocycles. The molecule has 4 fully saturated rings. The number of halogens is 1. The Kier molecular flexibility index (Phi) is 8.91. The van der Waals surface area contributed by atoms with Crippen LogP contribution in [0, 0.1) is 17.7 Å². The molecule has 0 radical (unpaired) electrons. The SMILES string of the molecule is O=C(C1CCNCC1)N1CC(N2CCC(COc3cc(F)c4c(=O)[nH]c(CSC5CCOCC5)nc4c3)CC2)C1. The summed E-state index contributed by atoms with van der Waals surface area (Å²) >= 11 is 1.76. The third-order valence-electron chi connectivity index (χ3n) is 8.92. The second-order valence-corrected chi connectivity index (χ2v) is 12.9. The minimum Gasteiger partial charge on any atom is -0.493 e. The van der Waals surface area contributed by atoms with Gasteiger partial charge in [0.15, 0.2) is 0 Å². The molecule has 40 heavy (non-hydrogen) atoms. The fourth-order valence-electron chi connectivity index (χ4n) is 6.33. The van der Waals surface area contributed by atoms with Crippen molar-refractivity contribution in [3.05, 3.63) is 34.1 Å². The molecule has 9 nitrogen and oxygen atoms in total. The summed E-state index contributed by atoms with van der Waals surface area (Å²) in [6, 6.07) is 3.45. The van der Waals surface area contributed by atoms with Gasteiger partial charge in [-0.25, -0.2) is 9.37 Å². The number of hydrogen-bond donors (Lipinski definition) is 2. The highest BCUT2D eigenvalue weighted by Crippen LogP contribution is 2.28. The number of carbonyl (C=O) groups excluding carboxylic acids is 1. The van der Waals surface area contributed by atoms with Crippen molar-refractivity contribution < 1.29 is 18.7 Å². The van der Waals surface area contributed by atoms with Gasteiger partial charge in [-0.3, -0.25) is 14.5 Å². The lowest BCUT2D eigenvalue weighted by Crippen LogP contribution is -2.63. The highest BCUT2D eigenvalue weighted by molar-refractivity contribution is 7.99. The lowest BCUT2D eigenvalue weighted by atomic mass is 9.92. The van der Waals surface area contributed by atoms with Crippen LogP contribution in [-0.4, -0.2) is 96.1 Å². The maximum absolute atomic E-state index is 14.9. The van der Waals surface area contributed by atoms with E-state index in [1.807, 2.05) is 4.90 Å². The highest BCUT2D eigenvalue weighted by Gasteiger charge is 2.38. The summed E-state index contributed by atoms with van der Waals surface area (Å²) in [6.07, 6.45) is 5.92. The molecule has 4 aliphatic heterocycles. The predicted octanol–water partition coefficient (Wildman–Crippen LogP) is 2.78. The largest absolute Gasteiger partial charge is 0.493 e. The lowest BCUT2D eigenvalue weighted by Gasteiger charge is -2.48. The van der Waals surface area contributed by atoms with E-state index in [1.54, 1.807) is 17.8 Å². The van der Waals surface area contributed by atoms with Crippen LogP contribution in [0.5, 0.6) is 5.75 Å². The van der Waals surface area contributed by atoms with Gasteiger partial charge in [0.2, 0.25) is 5.91 Å². The number of ether oxygens (including phenoxy) is 2. The molecule has 2 N–H and O–H groups in total. The standard InChI is InChI=1S/C29H40FN5O4S/c30-24-13-22(14-25-27(24)28(36)33-26(32-25)18-40-23-5-11-38-12-6-23)39-17-19-3-9-34(10-4-19)21-15-35(16-21)29(37)20-1-7-31-8-2-20/h13-14,19-21,23,31H,1-12,15-18H2,(H,32,33,36). The molecular formula is C29H40FN5O4S. The molecule has 6 rings (SSSR count). The van der Waals surface area contributed by atoms with Crippen molar-refractivity contribution in [3.8, 4) is 5.75 Å². The van der Waals surface area contributed by atoms with Gasteiger partial charge in [-0.05, 0) is 70.6 Å². The van der Waals surface area contributed by atoms with Gasteiger partial charge in [-0.2, -0.15) is 11.8 Å². The topological polar surface area (TPSA) is 99.8 Å². The third-order valence-corrected chi connectivity index (χ3v) is 10.3. The number of benzene rings is 1. The number of thioether (sulfide) groups is 1. The number of amides is 1. The first-order valence-corrected chi connectivity index (χ1v) is 15.9. The number of aromatic amines is 1. The monoisotopic (exact) mass is 573 g/mol. The van der Waals surface area contributed by atoms with E-state index >= 15 is 0 Å². The zero-order valence-corrected chi connectivity index (χ0v) is 23.9. The summed E-state index contributed by atoms with van der Waals surface area (Å²) in [6.45, 7) is 7.62. The smallest absolute Gasteiger partial charge is 0.261 e. The molecule has 0 bridgehead atoms. The van der Waals surface area contributed by atoms with Crippen molar-refractivity contribution in [1.82, 2.24) is 25.1 Å². The van der Waals surface area contributed by atoms with Gasteiger partial charge in [-0.15, -0.1) is 0 Å². The Morgan fingerprint density at radius 1 is 1.10 bits per heavy atom. The molecule has 1 amide bonds. The van der Waals surface area contributed by atoms with Crippen LogP contribution in [0.2, 0.25) is 0 Å². The van der Waals surface area contributed by atoms with E-state index in [1.165, 1.54) is 6.07 Å². The minimum absolute atomic E-state index is 0.0198. The Morgan fingerprint density at radius 3 is 2.60 bits per heavy atom. The molecule has 1 aromatic carbocycles. The van der Waals surface area contributed by atoms with Crippen LogP contribution in [-0.2, 0) is 15.3 Å². The Balaban J connectivity index is 0.982. The van der Waals surface area contributed by atoms with Crippen molar-refractivity contribution >= 4 is 28.6 Å². The summed E-state index contributed by atoms with van der Waals surface area (Å²) in [5, 5.41) is 3.80. The second-order valence-electron chi connectivity index (χ2n) is 11.6. The fraction of sp³-hybridized carbons (Fsp3) is 0.690. The zero-order valence-electron chi connectivity index (χ0n) is 23.0. The summed E-state index contributed by atoms with van der Waals surface area (Å²) in [5.41, 5.74) is -0.110. The van der Waals surface area contributed by atoms with Gasteiger partial charge in [0.25, 0.3) is 5.56 Å². The van der Waals surface area contributed by atoms with E-state index in [0.717, 1.165) is 91.0 Å². The van der Waals surface area contributed by atoms with Crippen LogP contribution in [0.15, 0.2) is 16.9 Å². The van der Waals surface area contributed by atoms with Gasteiger partial charge >= 0.3 is 0 Å². The number of hydrogen-bond acceptors (Lipinski definition) is 8. The van der Waals surface area contributed by atoms with E-state index in [0.29, 0.717) is 52.6 Å². The molecule has 0 spiro atoms. The molecule has 0 aliphatic carbocycles. The molecule has 218 valence electrons. The molecule has 2 aromatic rings. The normalized spacial score (nSPS) is 22.5. The first-order valence-electron chi connectivity index (χ1n) is 14.8. The number of carbonyl (C=O) groups is 1. The number of H-pyrrole nitrogens is 1. The lowest BCUT2D eigenvalue weighted by molar-refractivity contribution is -0.144. The molecule has 5 heterocycles. The highest BCUT2D eigenvalue weighted by atomic mass is 32.2. The van der Waals surface area contributed by atoms with Gasteiger partial charge in [0.1, 0.15) is 22.8 Å². The molecule has 11 heteroatoms. The number of rotatable bonds is 8. The molecule has 1 aromatic heterocycles. The summed E-state index contributed by atoms with van der Waals surface area (Å²) in [4.78, 5) is 37.2. The first kappa shape index (κ1) is 27.9. The molecule has 0 atom stereocenters. The van der Waals surface area contributed by atoms with Crippen LogP contribution in [0.25, 0.3) is 10.9 Å². The number of fused-ring (bicyclic) bond motifs is 1. The van der Waals surface area contributed by atoms with Crippen LogP contribution in [0.1, 0.15) is 44.3 Å². The third kappa shape index (κ3) is 6.48. The van der Waals surface area contributed by atoms with Crippen LogP contribution in [0.3, 0.4) is 0 Å². The van der Waals surface area contributed by atoms with Gasteiger partial charge in [-0.1, -0.05) is 0 Å². The van der Waals surface area contributed by atoms with E-state index < -0.39 is 11.4 Å². The quantitative estimate of drug-likeness (QED) is 0.498. The van der Waals surface area contributed by atoms with E-state index in [2.05, 4.69) is 20.2 Å². The molecular weight excluding hydrogens is 533 g/mol. The number of nitrogens with one attached hydrogen (secondary N) is 2. The van der Waals surface area contributed by atoms with Gasteiger partial charge in [0, 0.05) is 55.6 Å². The van der Waals surface area contributed by atoms with Crippen molar-refractivity contribution in [2.75, 3.05) is 59.1 Å². The predicted molar refractivity (Wildman–Crippen MR) is 153 cm³/mol. The molecule has 4 saturated heterocycles. The number of piperidine rings is 2. The summed E-state index contributed by atoms with van der Waals surface area (Å²) in [7, 11) is 0. The fourth-order valence-corrected chi connectivity index (χ4v) is 7.39. The molecule has 4 aliphatic rings. The summed E-state index contributed by atoms with van der Waals surface area (Å²) in [5.74, 6) is 1.87. The average Bonchev–Trinajstić information content (AvgIpc) is 2.95. The van der Waals surface area contributed by atoms with Crippen LogP contribution in [0.4, 0.5) is 4.39 Å². The summed E-state index contributed by atoms with van der Waals surface area (Å²) < 4.78 is 26.3. The second kappa shape index (κ2) is 12.8. The van der Waals surface area contributed by atoms with Crippen molar-refractivity contribution in [2.24, 2.45) is 11.8 Å². The number of nitrogens with zero attached hydrogens (tertiary/aromatic N) is 3. The van der Waals surface area contributed by atoms with Gasteiger partial charge in [0.05, 0.1) is 17.9 Å². The van der Waals surface area contributed by atoms with Crippen molar-refractivity contribution in [2.45, 2.75) is 55.6 Å². The minimum atomic E-state index is -0.603. The Morgan fingerprint density at radius 2 is 1.85 bits per heavy atom. The van der Waals surface area contributed by atoms with E-state index in [4.69, 9.17) is 9.47 Å². The van der Waals surface area contributed by atoms with Gasteiger partial charge < -0.3 is 24.7 Å². The van der Waals surface area contributed by atoms with Crippen molar-refractivity contribution in [3.63, 3.8) is 0 Å². The molecule has 0 unspecified atom stereocenters. The Bertz CT molecular complexity index is 1230. The average molecular weight is 574 g/mol. The van der Waals surface area contributed by atoms with Crippen molar-refractivity contribution in [1.29, 1.82) is 0 Å². The number of likely N-dealkylation sites (tertiary alicyclic amines) is 2. The Hall–Kier alpha value is -2.21. The zero-order chi connectivity index (χ0) is 27.5. The van der Waals surface area contributed by atoms with E-state index in [9.17, 15) is 14.0 Å².